The van der Waals surface area contributed by atoms with E-state index in [4.69, 9.17) is 14.2 Å². The number of hydrogen-bond donors (Lipinski definition) is 0. The van der Waals surface area contributed by atoms with E-state index in [2.05, 4.69) is 91.6 Å². The molecule has 0 N–H and O–H groups in total. The minimum absolute atomic E-state index is 0.117. The molecule has 0 amide bonds. The third-order valence-corrected chi connectivity index (χ3v) is 10.8. The van der Waals surface area contributed by atoms with Crippen LogP contribution >= 0.6 is 0 Å². The largest absolute Gasteiger partial charge is 0.704 e. The maximum Gasteiger partial charge on any atom is 0.704 e. The van der Waals surface area contributed by atoms with E-state index in [0.717, 1.165) is 70.6 Å². The highest BCUT2D eigenvalue weighted by atomic mass is 16.7. The zero-order chi connectivity index (χ0) is 33.2. The number of benzene rings is 3. The number of nitrogens with zero attached hydrogens (tertiary/aromatic N) is 2. The molecule has 3 aromatic carbocycles. The summed E-state index contributed by atoms with van der Waals surface area (Å²) in [4.78, 5) is 12.9. The lowest BCUT2D eigenvalue weighted by atomic mass is 9.91. The van der Waals surface area contributed by atoms with Crippen LogP contribution in [0, 0.1) is 50.4 Å². The van der Waals surface area contributed by atoms with Crippen molar-refractivity contribution in [2.24, 2.45) is 17.8 Å². The Morgan fingerprint density at radius 3 is 2.10 bits per heavy atom. The van der Waals surface area contributed by atoms with Crippen molar-refractivity contribution in [3.63, 3.8) is 0 Å². The first kappa shape index (κ1) is 30.4. The molecule has 6 nitrogen and oxygen atoms in total. The lowest BCUT2D eigenvalue weighted by Gasteiger charge is -2.29. The van der Waals surface area contributed by atoms with Crippen LogP contribution in [0.2, 0.25) is 0 Å². The van der Waals surface area contributed by atoms with E-state index in [1.165, 1.54) is 18.4 Å². The molecule has 4 unspecified atom stereocenters. The molecule has 6 atom stereocenters. The van der Waals surface area contributed by atoms with Gasteiger partial charge in [-0.25, -0.2) is 0 Å². The Bertz CT molecular complexity index is 1990. The van der Waals surface area contributed by atoms with Gasteiger partial charge in [0.2, 0.25) is 12.1 Å². The molecule has 242 valence electrons. The van der Waals surface area contributed by atoms with Gasteiger partial charge in [0.05, 0.1) is 17.0 Å². The van der Waals surface area contributed by atoms with Crippen LogP contribution in [0.1, 0.15) is 77.5 Å². The van der Waals surface area contributed by atoms with Gasteiger partial charge in [0.1, 0.15) is 5.75 Å². The monoisotopic (exact) mass is 638 g/mol. The summed E-state index contributed by atoms with van der Waals surface area (Å²) in [5.74, 6) is 8.93. The summed E-state index contributed by atoms with van der Waals surface area (Å²) in [7, 11) is 0. The summed E-state index contributed by atoms with van der Waals surface area (Å²) in [6.07, 6.45) is 14.6. The van der Waals surface area contributed by atoms with Gasteiger partial charge in [0.15, 0.2) is 23.9 Å². The fourth-order valence-corrected chi connectivity index (χ4v) is 8.55. The summed E-state index contributed by atoms with van der Waals surface area (Å²) in [5.41, 5.74) is 7.24. The van der Waals surface area contributed by atoms with E-state index in [-0.39, 0.29) is 17.8 Å². The van der Waals surface area contributed by atoms with E-state index in [0.29, 0.717) is 23.8 Å². The van der Waals surface area contributed by atoms with Crippen LogP contribution in [0.15, 0.2) is 73.8 Å². The molecule has 5 aliphatic rings. The van der Waals surface area contributed by atoms with Crippen molar-refractivity contribution in [2.75, 3.05) is 0 Å². The average molecular weight is 639 g/mol. The third-order valence-electron chi connectivity index (χ3n) is 10.8. The van der Waals surface area contributed by atoms with Crippen molar-refractivity contribution in [1.82, 2.24) is 0 Å². The Morgan fingerprint density at radius 2 is 1.46 bits per heavy atom. The van der Waals surface area contributed by atoms with Crippen molar-refractivity contribution in [3.8, 4) is 29.1 Å². The van der Waals surface area contributed by atoms with Crippen molar-refractivity contribution < 1.29 is 28.2 Å². The number of carbonyl (C=O) groups is 1. The molecule has 0 aromatic heterocycles. The smallest absolute Gasteiger partial charge is 0.426 e. The van der Waals surface area contributed by atoms with Gasteiger partial charge in [-0.3, -0.25) is 4.79 Å². The molecule has 2 aliphatic carbocycles. The predicted octanol–water partition coefficient (Wildman–Crippen LogP) is 7.22. The lowest BCUT2D eigenvalue weighted by molar-refractivity contribution is -0.866. The fourth-order valence-electron chi connectivity index (χ4n) is 8.55. The summed E-state index contributed by atoms with van der Waals surface area (Å²) < 4.78 is 24.4. The molecule has 6 heteroatoms. The molecule has 0 bridgehead atoms. The standard InChI is InChI=1S/C42H42N2O4/c1-6-29-21-32(7-2)36(23-29)41(45)46-35-16-14-30(15-17-35)12-13-31-20-28(5)40-34(22-31)25-44-38-11-9-8-10-37(38)43-24-33-19-26(3)18-27(4)39(33)47-42(43,44)48-40/h6-7,14-20,22,24-25,29,32,36-38H,1-2,8-11,21,23H2,3-5H3/q+2/t29?,32?,36?,37-,38?,42-/m1/s1. The second kappa shape index (κ2) is 11.7. The van der Waals surface area contributed by atoms with Crippen molar-refractivity contribution in [2.45, 2.75) is 77.4 Å². The number of aryl methyl sites for hydroxylation is 3. The van der Waals surface area contributed by atoms with Gasteiger partial charge in [-0.1, -0.05) is 39.2 Å². The molecule has 0 radical (unpaired) electrons. The van der Waals surface area contributed by atoms with Gasteiger partial charge in [-0.15, -0.1) is 13.2 Å². The van der Waals surface area contributed by atoms with Crippen LogP contribution in [0.25, 0.3) is 0 Å². The van der Waals surface area contributed by atoms with Gasteiger partial charge < -0.3 is 14.2 Å². The van der Waals surface area contributed by atoms with E-state index < -0.39 is 6.03 Å². The third kappa shape index (κ3) is 4.99. The molecule has 48 heavy (non-hydrogen) atoms. The summed E-state index contributed by atoms with van der Waals surface area (Å²) in [5, 5.41) is 0. The first-order valence-corrected chi connectivity index (χ1v) is 17.3. The van der Waals surface area contributed by atoms with Gasteiger partial charge in [-0.2, -0.15) is 0 Å². The van der Waals surface area contributed by atoms with Gasteiger partial charge in [-0.05, 0) is 117 Å². The lowest BCUT2D eigenvalue weighted by Crippen LogP contribution is -2.60. The average Bonchev–Trinajstić information content (AvgIpc) is 3.63. The first-order valence-electron chi connectivity index (χ1n) is 17.3. The molecular weight excluding hydrogens is 596 g/mol. The minimum Gasteiger partial charge on any atom is -0.426 e. The SMILES string of the molecule is C=CC1CC(C=C)C(C(=O)Oc2ccc(C#Cc3cc(C)c4c(c3)C=[N+]3C5CCCC[C@H]5[N+]5=Cc6cc(C)cc(C)c6O[C@]35O4)cc2)C1. The maximum absolute atomic E-state index is 12.9. The number of allylic oxidation sites excluding steroid dienone is 2. The second-order valence-electron chi connectivity index (χ2n) is 14.1. The predicted molar refractivity (Wildman–Crippen MR) is 186 cm³/mol. The number of carbonyl (C=O) groups excluding carboxylic acids is 1. The van der Waals surface area contributed by atoms with Gasteiger partial charge >= 0.3 is 12.0 Å². The molecule has 8 rings (SSSR count). The number of fused-ring (bicyclic) bond motifs is 5. The second-order valence-corrected chi connectivity index (χ2v) is 14.1. The zero-order valence-electron chi connectivity index (χ0n) is 28.0. The summed E-state index contributed by atoms with van der Waals surface area (Å²) in [6, 6.07) is 15.6. The molecule has 1 saturated heterocycles. The van der Waals surface area contributed by atoms with E-state index >= 15 is 0 Å². The summed E-state index contributed by atoms with van der Waals surface area (Å²) >= 11 is 0. The van der Waals surface area contributed by atoms with Gasteiger partial charge in [0, 0.05) is 24.0 Å². The quantitative estimate of drug-likeness (QED) is 0.0997. The number of rotatable bonds is 4. The highest BCUT2D eigenvalue weighted by molar-refractivity contribution is 5.85. The van der Waals surface area contributed by atoms with E-state index in [1.54, 1.807) is 0 Å². The highest BCUT2D eigenvalue weighted by Crippen LogP contribution is 2.46. The Kier molecular flexibility index (Phi) is 7.40. The normalized spacial score (nSPS) is 27.5. The zero-order valence-corrected chi connectivity index (χ0v) is 28.0. The van der Waals surface area contributed by atoms with Crippen molar-refractivity contribution in [3.05, 3.63) is 113 Å². The van der Waals surface area contributed by atoms with Crippen LogP contribution in [0.4, 0.5) is 0 Å². The molecule has 3 fully saturated rings. The van der Waals surface area contributed by atoms with Crippen LogP contribution < -0.4 is 14.2 Å². The van der Waals surface area contributed by atoms with E-state index in [1.807, 2.05) is 36.4 Å². The molecular formula is C42H42N2O4+2. The van der Waals surface area contributed by atoms with Crippen LogP contribution in [-0.4, -0.2) is 45.7 Å². The summed E-state index contributed by atoms with van der Waals surface area (Å²) in [6.45, 7) is 14.1. The fraction of sp³-hybridized carbons (Fsp3) is 0.357. The maximum atomic E-state index is 12.9. The van der Waals surface area contributed by atoms with E-state index in [9.17, 15) is 4.79 Å². The molecule has 1 spiro atoms. The van der Waals surface area contributed by atoms with Crippen molar-refractivity contribution >= 4 is 18.4 Å². The Balaban J connectivity index is 1.06. The van der Waals surface area contributed by atoms with Crippen LogP contribution in [0.3, 0.4) is 0 Å². The number of hydrogen-bond acceptors (Lipinski definition) is 4. The Morgan fingerprint density at radius 1 is 0.833 bits per heavy atom. The van der Waals surface area contributed by atoms with Crippen LogP contribution in [-0.2, 0) is 4.79 Å². The molecule has 3 aliphatic heterocycles. The number of esters is 1. The van der Waals surface area contributed by atoms with Gasteiger partial charge in [0.25, 0.3) is 0 Å². The first-order chi connectivity index (χ1) is 23.3. The minimum atomic E-state index is -1.04. The van der Waals surface area contributed by atoms with Crippen molar-refractivity contribution in [1.29, 1.82) is 0 Å². The highest BCUT2D eigenvalue weighted by Gasteiger charge is 2.76. The molecule has 3 heterocycles. The number of ether oxygens (including phenoxy) is 3. The molecule has 3 aromatic rings. The van der Waals surface area contributed by atoms with Crippen LogP contribution in [0.5, 0.6) is 17.2 Å². The topological polar surface area (TPSA) is 50.8 Å². The Labute approximate surface area is 283 Å². The molecule has 2 saturated carbocycles. The Hall–Kier alpha value is -4.89.